The largest absolute Gasteiger partial charge is 0.357 e. The predicted octanol–water partition coefficient (Wildman–Crippen LogP) is 1.63. The molecule has 1 aromatic heterocycles. The number of piperazine rings is 1. The average molecular weight is 418 g/mol. The first-order chi connectivity index (χ1) is 14.5. The van der Waals surface area contributed by atoms with Crippen molar-refractivity contribution in [3.05, 3.63) is 18.2 Å². The van der Waals surface area contributed by atoms with Crippen LogP contribution in [0.4, 0.5) is 0 Å². The molecule has 0 saturated carbocycles. The fraction of sp³-hybridized carbons (Fsp3) is 0.773. The second-order valence-electron chi connectivity index (χ2n) is 8.79. The van der Waals surface area contributed by atoms with Gasteiger partial charge >= 0.3 is 0 Å². The minimum absolute atomic E-state index is 0.0340. The average Bonchev–Trinajstić information content (AvgIpc) is 3.42. The van der Waals surface area contributed by atoms with Crippen molar-refractivity contribution in [3.8, 4) is 0 Å². The van der Waals surface area contributed by atoms with E-state index in [1.807, 2.05) is 17.3 Å². The van der Waals surface area contributed by atoms with Crippen LogP contribution in [0.2, 0.25) is 0 Å². The zero-order valence-corrected chi connectivity index (χ0v) is 19.2. The first-order valence-corrected chi connectivity index (χ1v) is 11.6. The highest BCUT2D eigenvalue weighted by Gasteiger charge is 2.30. The first kappa shape index (κ1) is 22.6. The molecule has 2 fully saturated rings. The highest BCUT2D eigenvalue weighted by molar-refractivity contribution is 5.82. The summed E-state index contributed by atoms with van der Waals surface area (Å²) >= 11 is 0. The second kappa shape index (κ2) is 10.8. The molecule has 2 aliphatic rings. The molecule has 1 aromatic rings. The maximum absolute atomic E-state index is 12.7. The van der Waals surface area contributed by atoms with E-state index in [1.54, 1.807) is 0 Å². The Morgan fingerprint density at radius 2 is 1.80 bits per heavy atom. The van der Waals surface area contributed by atoms with Crippen molar-refractivity contribution in [2.45, 2.75) is 59.7 Å². The molecule has 30 heavy (non-hydrogen) atoms. The Hall–Kier alpha value is -2.09. The smallest absolute Gasteiger partial charge is 0.239 e. The number of rotatable bonds is 7. The van der Waals surface area contributed by atoms with Crippen LogP contribution in [-0.4, -0.2) is 88.0 Å². The number of hydrogen-bond donors (Lipinski definition) is 1. The Morgan fingerprint density at radius 1 is 1.10 bits per heavy atom. The predicted molar refractivity (Wildman–Crippen MR) is 120 cm³/mol. The molecule has 1 unspecified atom stereocenters. The molecule has 168 valence electrons. The fourth-order valence-electron chi connectivity index (χ4n) is 4.30. The molecule has 1 atom stereocenters. The van der Waals surface area contributed by atoms with Crippen molar-refractivity contribution in [3.63, 3.8) is 0 Å². The van der Waals surface area contributed by atoms with E-state index in [0.717, 1.165) is 77.0 Å². The Balaban J connectivity index is 1.56. The lowest BCUT2D eigenvalue weighted by atomic mass is 10.2. The van der Waals surface area contributed by atoms with Crippen molar-refractivity contribution in [1.82, 2.24) is 29.6 Å². The van der Waals surface area contributed by atoms with Gasteiger partial charge in [-0.15, -0.1) is 0 Å². The van der Waals surface area contributed by atoms with Gasteiger partial charge in [-0.25, -0.2) is 9.98 Å². The van der Waals surface area contributed by atoms with Gasteiger partial charge in [0.15, 0.2) is 5.96 Å². The van der Waals surface area contributed by atoms with E-state index >= 15 is 0 Å². The van der Waals surface area contributed by atoms with E-state index in [-0.39, 0.29) is 6.04 Å². The summed E-state index contributed by atoms with van der Waals surface area (Å²) in [5.74, 6) is 2.81. The topological polar surface area (TPSA) is 69.0 Å². The molecule has 0 aliphatic carbocycles. The van der Waals surface area contributed by atoms with Crippen molar-refractivity contribution < 1.29 is 4.79 Å². The number of aromatic nitrogens is 2. The lowest BCUT2D eigenvalue weighted by molar-refractivity contribution is -0.135. The Bertz CT molecular complexity index is 700. The highest BCUT2D eigenvalue weighted by atomic mass is 16.2. The van der Waals surface area contributed by atoms with Gasteiger partial charge in [-0.1, -0.05) is 13.8 Å². The van der Waals surface area contributed by atoms with Gasteiger partial charge in [0.2, 0.25) is 5.91 Å². The van der Waals surface area contributed by atoms with Crippen molar-refractivity contribution in [2.75, 3.05) is 45.8 Å². The summed E-state index contributed by atoms with van der Waals surface area (Å²) in [6.07, 6.45) is 6.18. The third-order valence-electron chi connectivity index (χ3n) is 6.01. The number of carbonyl (C=O) groups excluding carboxylic acids is 1. The maximum atomic E-state index is 12.7. The third kappa shape index (κ3) is 5.74. The van der Waals surface area contributed by atoms with Crippen LogP contribution < -0.4 is 5.32 Å². The lowest BCUT2D eigenvalue weighted by Crippen LogP contribution is -2.57. The number of hydrogen-bond acceptors (Lipinski definition) is 4. The van der Waals surface area contributed by atoms with Crippen LogP contribution in [0, 0.1) is 5.92 Å². The molecule has 2 saturated heterocycles. The molecule has 0 spiro atoms. The summed E-state index contributed by atoms with van der Waals surface area (Å²) in [5.41, 5.74) is 0. The van der Waals surface area contributed by atoms with Crippen LogP contribution in [-0.2, 0) is 17.9 Å². The monoisotopic (exact) mass is 417 g/mol. The molecule has 1 amide bonds. The van der Waals surface area contributed by atoms with Crippen LogP contribution in [0.1, 0.15) is 46.4 Å². The van der Waals surface area contributed by atoms with Crippen molar-refractivity contribution in [2.24, 2.45) is 10.9 Å². The number of aliphatic imine (C=N–C) groups is 1. The molecule has 3 heterocycles. The normalized spacial score (nSPS) is 19.6. The minimum Gasteiger partial charge on any atom is -0.357 e. The molecule has 3 rings (SSSR count). The number of nitrogens with zero attached hydrogens (tertiary/aromatic N) is 6. The number of likely N-dealkylation sites (tertiary alicyclic amines) is 1. The number of carbonyl (C=O) groups is 1. The maximum Gasteiger partial charge on any atom is 0.239 e. The van der Waals surface area contributed by atoms with E-state index < -0.39 is 0 Å². The zero-order chi connectivity index (χ0) is 21.5. The highest BCUT2D eigenvalue weighted by Crippen LogP contribution is 2.14. The summed E-state index contributed by atoms with van der Waals surface area (Å²) < 4.78 is 2.20. The summed E-state index contributed by atoms with van der Waals surface area (Å²) in [7, 11) is 0. The van der Waals surface area contributed by atoms with Gasteiger partial charge in [0.05, 0.1) is 6.04 Å². The molecule has 2 aliphatic heterocycles. The summed E-state index contributed by atoms with van der Waals surface area (Å²) in [5, 5.41) is 3.43. The Morgan fingerprint density at radius 3 is 2.43 bits per heavy atom. The van der Waals surface area contributed by atoms with E-state index in [9.17, 15) is 4.79 Å². The molecule has 8 heteroatoms. The quantitative estimate of drug-likeness (QED) is 0.540. The van der Waals surface area contributed by atoms with Gasteiger partial charge < -0.3 is 19.7 Å². The SMILES string of the molecule is CCNC(=NCc1nccn1CC(C)C)N1CCN(C(C)C(=O)N2CCCC2)CC1. The zero-order valence-electron chi connectivity index (χ0n) is 19.2. The van der Waals surface area contributed by atoms with Gasteiger partial charge in [-0.2, -0.15) is 0 Å². The summed E-state index contributed by atoms with van der Waals surface area (Å²) in [6.45, 7) is 16.3. The van der Waals surface area contributed by atoms with Crippen LogP contribution in [0.15, 0.2) is 17.4 Å². The molecule has 1 N–H and O–H groups in total. The fourth-order valence-corrected chi connectivity index (χ4v) is 4.30. The van der Waals surface area contributed by atoms with E-state index in [2.05, 4.69) is 52.4 Å². The van der Waals surface area contributed by atoms with Gasteiger partial charge in [-0.3, -0.25) is 9.69 Å². The van der Waals surface area contributed by atoms with Crippen molar-refractivity contribution >= 4 is 11.9 Å². The van der Waals surface area contributed by atoms with Crippen LogP contribution in [0.3, 0.4) is 0 Å². The molecule has 8 nitrogen and oxygen atoms in total. The van der Waals surface area contributed by atoms with Crippen molar-refractivity contribution in [1.29, 1.82) is 0 Å². The molecule has 0 aromatic carbocycles. The summed E-state index contributed by atoms with van der Waals surface area (Å²) in [4.78, 5) is 28.8. The van der Waals surface area contributed by atoms with Crippen LogP contribution in [0.25, 0.3) is 0 Å². The number of imidazole rings is 1. The first-order valence-electron chi connectivity index (χ1n) is 11.6. The Kier molecular flexibility index (Phi) is 8.13. The number of guanidine groups is 1. The van der Waals surface area contributed by atoms with E-state index in [4.69, 9.17) is 4.99 Å². The van der Waals surface area contributed by atoms with Gasteiger partial charge in [-0.05, 0) is 32.6 Å². The molecule has 0 bridgehead atoms. The Labute approximate surface area is 181 Å². The summed E-state index contributed by atoms with van der Waals surface area (Å²) in [6, 6.07) is -0.0340. The lowest BCUT2D eigenvalue weighted by Gasteiger charge is -2.39. The van der Waals surface area contributed by atoms with E-state index in [1.165, 1.54) is 0 Å². The van der Waals surface area contributed by atoms with Gasteiger partial charge in [0.25, 0.3) is 0 Å². The molecular weight excluding hydrogens is 378 g/mol. The minimum atomic E-state index is -0.0340. The van der Waals surface area contributed by atoms with Crippen LogP contribution >= 0.6 is 0 Å². The second-order valence-corrected chi connectivity index (χ2v) is 8.79. The third-order valence-corrected chi connectivity index (χ3v) is 6.01. The van der Waals surface area contributed by atoms with Crippen LogP contribution in [0.5, 0.6) is 0 Å². The van der Waals surface area contributed by atoms with E-state index in [0.29, 0.717) is 18.4 Å². The van der Waals surface area contributed by atoms with Gasteiger partial charge in [0.1, 0.15) is 12.4 Å². The number of nitrogens with one attached hydrogen (secondary N) is 1. The standard InChI is InChI=1S/C22H39N7O/c1-5-23-22(25-16-20-24-8-11-29(20)17-18(2)3)28-14-12-26(13-15-28)19(4)21(30)27-9-6-7-10-27/h8,11,18-19H,5-7,9-10,12-17H2,1-4H3,(H,23,25). The number of amides is 1. The molecular formula is C22H39N7O. The molecule has 0 radical (unpaired) electrons. The van der Waals surface area contributed by atoms with Gasteiger partial charge in [0, 0.05) is 64.8 Å².